The maximum absolute atomic E-state index is 13.2. The maximum Gasteiger partial charge on any atom is 0.303 e. The lowest BCUT2D eigenvalue weighted by atomic mass is 9.68. The van der Waals surface area contributed by atoms with E-state index in [-0.39, 0.29) is 63.9 Å². The van der Waals surface area contributed by atoms with Gasteiger partial charge in [-0.15, -0.1) is 0 Å². The summed E-state index contributed by atoms with van der Waals surface area (Å²) in [6.07, 6.45) is -1.56. The first kappa shape index (κ1) is 26.8. The number of imide groups is 1. The first-order valence-corrected chi connectivity index (χ1v) is 10.1. The molecule has 1 aliphatic rings. The van der Waals surface area contributed by atoms with Crippen molar-refractivity contribution in [3.05, 3.63) is 0 Å². The van der Waals surface area contributed by atoms with Crippen molar-refractivity contribution in [2.45, 2.75) is 56.5 Å². The average molecular weight is 454 g/mol. The van der Waals surface area contributed by atoms with Crippen LogP contribution in [0, 0.1) is 5.92 Å². The number of carboxylic acids is 1. The fraction of sp³-hybridized carbons (Fsp3) is 0.632. The molecule has 13 heteroatoms. The molecule has 3 atom stereocenters. The van der Waals surface area contributed by atoms with Gasteiger partial charge in [-0.2, -0.15) is 0 Å². The monoisotopic (exact) mass is 454 g/mol. The van der Waals surface area contributed by atoms with Crippen LogP contribution in [0.4, 0.5) is 0 Å². The summed E-state index contributed by atoms with van der Waals surface area (Å²) in [7, 11) is 0. The van der Waals surface area contributed by atoms with Crippen LogP contribution < -0.4 is 22.9 Å². The van der Waals surface area contributed by atoms with Gasteiger partial charge in [0, 0.05) is 32.2 Å². The second-order valence-electron chi connectivity index (χ2n) is 7.48. The molecule has 13 nitrogen and oxygen atoms in total. The number of carboxylic acid groups (broad SMARTS) is 1. The molecule has 0 heterocycles. The predicted octanol–water partition coefficient (Wildman–Crippen LogP) is -2.58. The molecule has 0 bridgehead atoms. The molecule has 0 saturated heterocycles. The molecule has 0 aromatic carbocycles. The van der Waals surface area contributed by atoms with Crippen molar-refractivity contribution >= 4 is 41.6 Å². The van der Waals surface area contributed by atoms with E-state index < -0.39 is 53.3 Å². The average Bonchev–Trinajstić information content (AvgIpc) is 2.74. The van der Waals surface area contributed by atoms with Crippen molar-refractivity contribution in [1.29, 1.82) is 0 Å². The molecule has 0 radical (unpaired) electrons. The Morgan fingerprint density at radius 2 is 1.88 bits per heavy atom. The molecule has 0 spiro atoms. The van der Waals surface area contributed by atoms with Crippen LogP contribution in [0.1, 0.15) is 44.9 Å². The zero-order valence-corrected chi connectivity index (χ0v) is 17.7. The number of ketones is 2. The number of hydrogen-bond acceptors (Lipinski definition) is 9. The highest BCUT2D eigenvalue weighted by Gasteiger charge is 2.58. The maximum atomic E-state index is 13.2. The molecule has 1 unspecified atom stereocenters. The van der Waals surface area contributed by atoms with Gasteiger partial charge >= 0.3 is 5.97 Å². The predicted molar refractivity (Wildman–Crippen MR) is 112 cm³/mol. The molecule has 1 rings (SSSR count). The SMILES string of the molecule is NCCCC(=O)N(C(=O)[C@@H](N)CCC(=O)O)[C@@]1(C=O)C(=O)CCC(=O)C1CCN=C(N)N. The summed E-state index contributed by atoms with van der Waals surface area (Å²) in [5.41, 5.74) is 19.4. The largest absolute Gasteiger partial charge is 0.481 e. The first-order chi connectivity index (χ1) is 15.0. The van der Waals surface area contributed by atoms with Crippen molar-refractivity contribution in [2.24, 2.45) is 33.8 Å². The minimum Gasteiger partial charge on any atom is -0.481 e. The molecule has 0 aromatic heterocycles. The van der Waals surface area contributed by atoms with Crippen molar-refractivity contribution in [3.63, 3.8) is 0 Å². The van der Waals surface area contributed by atoms with Crippen LogP contribution in [-0.2, 0) is 28.8 Å². The highest BCUT2D eigenvalue weighted by molar-refractivity contribution is 6.17. The number of aliphatic carboxylic acids is 1. The number of amides is 2. The summed E-state index contributed by atoms with van der Waals surface area (Å²) in [4.78, 5) is 79.4. The molecule has 1 aliphatic carbocycles. The first-order valence-electron chi connectivity index (χ1n) is 10.1. The molecule has 1 saturated carbocycles. The van der Waals surface area contributed by atoms with Crippen LogP contribution in [0.15, 0.2) is 4.99 Å². The van der Waals surface area contributed by atoms with Crippen molar-refractivity contribution in [3.8, 4) is 0 Å². The summed E-state index contributed by atoms with van der Waals surface area (Å²) in [5.74, 6) is -6.20. The molecular weight excluding hydrogens is 424 g/mol. The molecule has 0 aliphatic heterocycles. The van der Waals surface area contributed by atoms with E-state index in [9.17, 15) is 28.8 Å². The van der Waals surface area contributed by atoms with E-state index in [1.54, 1.807) is 0 Å². The Kier molecular flexibility index (Phi) is 10.1. The lowest BCUT2D eigenvalue weighted by Gasteiger charge is -2.45. The number of aldehydes is 1. The summed E-state index contributed by atoms with van der Waals surface area (Å²) in [6, 6.07) is -1.49. The van der Waals surface area contributed by atoms with E-state index in [0.717, 1.165) is 0 Å². The van der Waals surface area contributed by atoms with Gasteiger partial charge in [-0.1, -0.05) is 0 Å². The van der Waals surface area contributed by atoms with E-state index in [1.165, 1.54) is 0 Å². The third-order valence-corrected chi connectivity index (χ3v) is 5.28. The van der Waals surface area contributed by atoms with Crippen LogP contribution in [-0.4, -0.2) is 76.3 Å². The van der Waals surface area contributed by atoms with Gasteiger partial charge in [0.1, 0.15) is 5.78 Å². The lowest BCUT2D eigenvalue weighted by molar-refractivity contribution is -0.168. The van der Waals surface area contributed by atoms with Crippen molar-refractivity contribution in [2.75, 3.05) is 13.1 Å². The highest BCUT2D eigenvalue weighted by atomic mass is 16.4. The number of carbonyl (C=O) groups excluding carboxylic acids is 5. The van der Waals surface area contributed by atoms with Crippen LogP contribution in [0.25, 0.3) is 0 Å². The smallest absolute Gasteiger partial charge is 0.303 e. The zero-order chi connectivity index (χ0) is 24.5. The fourth-order valence-corrected chi connectivity index (χ4v) is 3.68. The van der Waals surface area contributed by atoms with Gasteiger partial charge in [0.05, 0.1) is 12.0 Å². The van der Waals surface area contributed by atoms with Gasteiger partial charge in [0.25, 0.3) is 0 Å². The number of nitrogens with two attached hydrogens (primary N) is 4. The second kappa shape index (κ2) is 12.0. The second-order valence-corrected chi connectivity index (χ2v) is 7.48. The Morgan fingerprint density at radius 3 is 2.41 bits per heavy atom. The van der Waals surface area contributed by atoms with E-state index in [1.807, 2.05) is 0 Å². The molecule has 178 valence electrons. The molecule has 0 aromatic rings. The van der Waals surface area contributed by atoms with Gasteiger partial charge in [-0.25, -0.2) is 0 Å². The number of Topliss-reactive ketones (excluding diaryl/α,β-unsaturated/α-hetero) is 2. The van der Waals surface area contributed by atoms with Crippen LogP contribution >= 0.6 is 0 Å². The molecule has 9 N–H and O–H groups in total. The summed E-state index contributed by atoms with van der Waals surface area (Å²) >= 11 is 0. The normalized spacial score (nSPS) is 21.5. The number of aliphatic imine (C=N–C) groups is 1. The Bertz CT molecular complexity index is 795. The molecule has 32 heavy (non-hydrogen) atoms. The third kappa shape index (κ3) is 6.17. The quantitative estimate of drug-likeness (QED) is 0.0887. The Labute approximate surface area is 184 Å². The summed E-state index contributed by atoms with van der Waals surface area (Å²) in [5, 5.41) is 8.87. The minimum absolute atomic E-state index is 0.0910. The topological polar surface area (TPSA) is 242 Å². The molecule has 1 fully saturated rings. The van der Waals surface area contributed by atoms with Gasteiger partial charge < -0.3 is 32.8 Å². The van der Waals surface area contributed by atoms with Crippen molar-refractivity contribution < 1.29 is 33.9 Å². The van der Waals surface area contributed by atoms with Crippen LogP contribution in [0.3, 0.4) is 0 Å². The van der Waals surface area contributed by atoms with E-state index in [0.29, 0.717) is 4.90 Å². The number of nitrogens with zero attached hydrogens (tertiary/aromatic N) is 2. The number of guanidine groups is 1. The number of hydrogen-bond donors (Lipinski definition) is 5. The zero-order valence-electron chi connectivity index (χ0n) is 17.7. The van der Waals surface area contributed by atoms with E-state index >= 15 is 0 Å². The van der Waals surface area contributed by atoms with Gasteiger partial charge in [-0.3, -0.25) is 33.9 Å². The van der Waals surface area contributed by atoms with Gasteiger partial charge in [-0.05, 0) is 25.8 Å². The Balaban J connectivity index is 3.52. The van der Waals surface area contributed by atoms with Gasteiger partial charge in [0.15, 0.2) is 23.6 Å². The van der Waals surface area contributed by atoms with E-state index in [2.05, 4.69) is 4.99 Å². The number of rotatable bonds is 12. The van der Waals surface area contributed by atoms with Gasteiger partial charge in [0.2, 0.25) is 11.8 Å². The minimum atomic E-state index is -2.42. The Hall–Kier alpha value is -3.19. The third-order valence-electron chi connectivity index (χ3n) is 5.28. The summed E-state index contributed by atoms with van der Waals surface area (Å²) in [6.45, 7) is -0.0422. The number of carbonyl (C=O) groups is 6. The van der Waals surface area contributed by atoms with Crippen LogP contribution in [0.2, 0.25) is 0 Å². The summed E-state index contributed by atoms with van der Waals surface area (Å²) < 4.78 is 0. The van der Waals surface area contributed by atoms with Crippen molar-refractivity contribution in [1.82, 2.24) is 4.90 Å². The fourth-order valence-electron chi connectivity index (χ4n) is 3.68. The molecule has 2 amide bonds. The van der Waals surface area contributed by atoms with E-state index in [4.69, 9.17) is 28.0 Å². The highest BCUT2D eigenvalue weighted by Crippen LogP contribution is 2.36. The Morgan fingerprint density at radius 1 is 1.22 bits per heavy atom. The lowest BCUT2D eigenvalue weighted by Crippen LogP contribution is -2.69. The molecular formula is C19H30N6O7. The van der Waals surface area contributed by atoms with Crippen LogP contribution in [0.5, 0.6) is 0 Å². The standard InChI is InChI=1S/C19H30N6O7/c20-8-1-2-15(29)25(17(32)12(21)3-6-16(30)31)19(10-26)11(7-9-24-18(22)23)13(27)4-5-14(19)28/h10-12H,1-9,20-21H2,(H,30,31)(H4,22,23,24)/t11?,12-,19+/m0/s1.